The summed E-state index contributed by atoms with van der Waals surface area (Å²) in [6.07, 6.45) is 0. The Balaban J connectivity index is 1.60. The predicted molar refractivity (Wildman–Crippen MR) is 115 cm³/mol. The molecule has 0 fully saturated rings. The maximum absolute atomic E-state index is 13.1. The number of H-pyrrole nitrogens is 2. The summed E-state index contributed by atoms with van der Waals surface area (Å²) in [7, 11) is -3.99. The van der Waals surface area contributed by atoms with Crippen molar-refractivity contribution in [1.82, 2.24) is 9.97 Å². The van der Waals surface area contributed by atoms with Gasteiger partial charge in [-0.1, -0.05) is 6.07 Å². The van der Waals surface area contributed by atoms with Crippen LogP contribution in [0.25, 0.3) is 11.0 Å². The summed E-state index contributed by atoms with van der Waals surface area (Å²) >= 11 is 0. The number of nitrogens with one attached hydrogen (secondary N) is 4. The Labute approximate surface area is 176 Å². The minimum Gasteiger partial charge on any atom is -0.322 e. The lowest BCUT2D eigenvalue weighted by Crippen LogP contribution is -2.17. The van der Waals surface area contributed by atoms with Crippen LogP contribution in [0.4, 0.5) is 15.8 Å². The van der Waals surface area contributed by atoms with Crippen LogP contribution in [-0.4, -0.2) is 24.3 Å². The van der Waals surface area contributed by atoms with Crippen molar-refractivity contribution in [2.24, 2.45) is 0 Å². The largest absolute Gasteiger partial charge is 0.323 e. The molecule has 0 atom stereocenters. The molecule has 4 rings (SSSR count). The molecule has 1 heterocycles. The molecular weight excluding hydrogens is 423 g/mol. The summed E-state index contributed by atoms with van der Waals surface area (Å²) in [6, 6.07) is 13.9. The zero-order valence-electron chi connectivity index (χ0n) is 16.2. The van der Waals surface area contributed by atoms with Crippen molar-refractivity contribution < 1.29 is 17.6 Å². The average molecular weight is 440 g/mol. The zero-order valence-corrected chi connectivity index (χ0v) is 17.0. The Morgan fingerprint density at radius 2 is 1.58 bits per heavy atom. The smallest absolute Gasteiger partial charge is 0.322 e. The molecular formula is C21H17FN4O4S. The van der Waals surface area contributed by atoms with Crippen molar-refractivity contribution in [3.05, 3.63) is 88.1 Å². The van der Waals surface area contributed by atoms with Gasteiger partial charge in [-0.05, 0) is 67.1 Å². The van der Waals surface area contributed by atoms with E-state index in [2.05, 4.69) is 20.0 Å². The fourth-order valence-corrected chi connectivity index (χ4v) is 4.14. The number of hydrogen-bond donors (Lipinski definition) is 4. The first-order valence-corrected chi connectivity index (χ1v) is 10.6. The van der Waals surface area contributed by atoms with E-state index >= 15 is 0 Å². The number of aryl methyl sites for hydroxylation is 1. The molecule has 1 amide bonds. The van der Waals surface area contributed by atoms with Gasteiger partial charge in [0, 0.05) is 16.9 Å². The first-order valence-electron chi connectivity index (χ1n) is 9.14. The molecule has 0 saturated carbocycles. The lowest BCUT2D eigenvalue weighted by atomic mass is 10.1. The second-order valence-corrected chi connectivity index (χ2v) is 8.57. The number of fused-ring (bicyclic) bond motifs is 1. The molecule has 0 spiro atoms. The van der Waals surface area contributed by atoms with Crippen LogP contribution < -0.4 is 15.7 Å². The number of amides is 1. The van der Waals surface area contributed by atoms with Crippen molar-refractivity contribution in [1.29, 1.82) is 0 Å². The number of aromatic amines is 2. The van der Waals surface area contributed by atoms with E-state index in [0.717, 1.165) is 12.1 Å². The van der Waals surface area contributed by atoms with Gasteiger partial charge in [-0.25, -0.2) is 17.6 Å². The molecule has 31 heavy (non-hydrogen) atoms. The van der Waals surface area contributed by atoms with Gasteiger partial charge in [-0.2, -0.15) is 0 Å². The van der Waals surface area contributed by atoms with Crippen molar-refractivity contribution in [3.63, 3.8) is 0 Å². The second kappa shape index (κ2) is 7.73. The minimum absolute atomic E-state index is 0.113. The molecule has 0 aliphatic carbocycles. The average Bonchev–Trinajstić information content (AvgIpc) is 3.09. The maximum Gasteiger partial charge on any atom is 0.323 e. The van der Waals surface area contributed by atoms with Gasteiger partial charge in [-0.3, -0.25) is 9.52 Å². The molecule has 0 bridgehead atoms. The van der Waals surface area contributed by atoms with Gasteiger partial charge in [0.05, 0.1) is 15.9 Å². The molecule has 0 saturated heterocycles. The number of carbonyl (C=O) groups excluding carboxylic acids is 1. The molecule has 0 aliphatic heterocycles. The van der Waals surface area contributed by atoms with E-state index < -0.39 is 21.7 Å². The van der Waals surface area contributed by atoms with E-state index in [0.29, 0.717) is 22.3 Å². The van der Waals surface area contributed by atoms with Crippen molar-refractivity contribution >= 4 is 38.3 Å². The summed E-state index contributed by atoms with van der Waals surface area (Å²) in [4.78, 5) is 29.3. The topological polar surface area (TPSA) is 124 Å². The Morgan fingerprint density at radius 1 is 0.903 bits per heavy atom. The Morgan fingerprint density at radius 3 is 2.32 bits per heavy atom. The molecule has 1 aromatic heterocycles. The fourth-order valence-electron chi connectivity index (χ4n) is 3.05. The molecule has 4 N–H and O–H groups in total. The molecule has 158 valence electrons. The summed E-state index contributed by atoms with van der Waals surface area (Å²) < 4.78 is 40.8. The number of hydrogen-bond acceptors (Lipinski definition) is 4. The number of rotatable bonds is 5. The molecule has 0 radical (unpaired) electrons. The van der Waals surface area contributed by atoms with Crippen LogP contribution >= 0.6 is 0 Å². The van der Waals surface area contributed by atoms with Gasteiger partial charge in [0.25, 0.3) is 15.9 Å². The van der Waals surface area contributed by atoms with Crippen LogP contribution in [0.5, 0.6) is 0 Å². The summed E-state index contributed by atoms with van der Waals surface area (Å²) in [5, 5.41) is 2.70. The highest BCUT2D eigenvalue weighted by atomic mass is 32.2. The summed E-state index contributed by atoms with van der Waals surface area (Å²) in [6.45, 7) is 1.69. The Kier molecular flexibility index (Phi) is 5.07. The molecule has 10 heteroatoms. The normalized spacial score (nSPS) is 11.4. The minimum atomic E-state index is -3.99. The molecule has 0 aliphatic rings. The lowest BCUT2D eigenvalue weighted by molar-refractivity contribution is 0.102. The quantitative estimate of drug-likeness (QED) is 0.380. The number of halogens is 1. The van der Waals surface area contributed by atoms with Crippen molar-refractivity contribution in [2.45, 2.75) is 11.8 Å². The van der Waals surface area contributed by atoms with E-state index in [1.165, 1.54) is 30.3 Å². The number of aromatic nitrogens is 2. The monoisotopic (exact) mass is 440 g/mol. The van der Waals surface area contributed by atoms with Crippen LogP contribution in [0.1, 0.15) is 15.9 Å². The third kappa shape index (κ3) is 4.33. The summed E-state index contributed by atoms with van der Waals surface area (Å²) in [5.74, 6) is -0.993. The van der Waals surface area contributed by atoms with E-state index in [-0.39, 0.29) is 21.8 Å². The van der Waals surface area contributed by atoms with Crippen LogP contribution in [0.3, 0.4) is 0 Å². The first-order chi connectivity index (χ1) is 14.7. The van der Waals surface area contributed by atoms with Crippen molar-refractivity contribution in [2.75, 3.05) is 10.0 Å². The number of anilines is 2. The zero-order chi connectivity index (χ0) is 22.2. The second-order valence-electron chi connectivity index (χ2n) is 6.88. The first kappa shape index (κ1) is 20.4. The fraction of sp³-hybridized carbons (Fsp3) is 0.0476. The molecule has 8 nitrogen and oxygen atoms in total. The van der Waals surface area contributed by atoms with E-state index in [1.807, 2.05) is 0 Å². The van der Waals surface area contributed by atoms with E-state index in [4.69, 9.17) is 0 Å². The Bertz CT molecular complexity index is 1460. The highest BCUT2D eigenvalue weighted by molar-refractivity contribution is 7.92. The number of imidazole rings is 1. The number of benzene rings is 3. The Hall–Kier alpha value is -3.92. The molecule has 0 unspecified atom stereocenters. The third-order valence-corrected chi connectivity index (χ3v) is 6.01. The van der Waals surface area contributed by atoms with Gasteiger partial charge >= 0.3 is 5.69 Å². The highest BCUT2D eigenvalue weighted by Gasteiger charge is 2.19. The van der Waals surface area contributed by atoms with E-state index in [1.54, 1.807) is 25.1 Å². The van der Waals surface area contributed by atoms with Gasteiger partial charge in [0.15, 0.2) is 0 Å². The number of sulfonamides is 1. The van der Waals surface area contributed by atoms with Crippen LogP contribution in [0.15, 0.2) is 70.4 Å². The molecule has 3 aromatic carbocycles. The van der Waals surface area contributed by atoms with E-state index in [9.17, 15) is 22.4 Å². The maximum atomic E-state index is 13.1. The van der Waals surface area contributed by atoms with Crippen LogP contribution in [-0.2, 0) is 10.0 Å². The molecule has 4 aromatic rings. The van der Waals surface area contributed by atoms with Crippen LogP contribution in [0, 0.1) is 12.7 Å². The SMILES string of the molecule is Cc1ccc(S(=O)(=O)Nc2ccc(F)cc2)cc1C(=O)Nc1ccc2[nH]c(=O)[nH]c2c1. The van der Waals surface area contributed by atoms with Gasteiger partial charge in [0.1, 0.15) is 5.82 Å². The summed E-state index contributed by atoms with van der Waals surface area (Å²) in [5.41, 5.74) is 2.14. The third-order valence-electron chi connectivity index (χ3n) is 4.63. The predicted octanol–water partition coefficient (Wildman–Crippen LogP) is 3.36. The van der Waals surface area contributed by atoms with Crippen LogP contribution in [0.2, 0.25) is 0 Å². The van der Waals surface area contributed by atoms with Crippen molar-refractivity contribution in [3.8, 4) is 0 Å². The van der Waals surface area contributed by atoms with Gasteiger partial charge in [-0.15, -0.1) is 0 Å². The lowest BCUT2D eigenvalue weighted by Gasteiger charge is -2.12. The number of carbonyl (C=O) groups is 1. The highest BCUT2D eigenvalue weighted by Crippen LogP contribution is 2.21. The van der Waals surface area contributed by atoms with Gasteiger partial charge in [0.2, 0.25) is 0 Å². The standard InChI is InChI=1S/C21H17FN4O4S/c1-12-2-8-16(31(29,30)26-14-5-3-13(22)4-6-14)11-17(12)20(27)23-15-7-9-18-19(10-15)25-21(28)24-18/h2-11,26H,1H3,(H,23,27)(H2,24,25,28). The van der Waals surface area contributed by atoms with Gasteiger partial charge < -0.3 is 15.3 Å².